The van der Waals surface area contributed by atoms with E-state index in [-0.39, 0.29) is 12.1 Å². The third-order valence-electron chi connectivity index (χ3n) is 4.61. The van der Waals surface area contributed by atoms with E-state index in [2.05, 4.69) is 10.3 Å². The highest BCUT2D eigenvalue weighted by atomic mass is 19.4. The van der Waals surface area contributed by atoms with Crippen LogP contribution in [0.4, 0.5) is 13.2 Å². The highest BCUT2D eigenvalue weighted by molar-refractivity contribution is 6.00. The van der Waals surface area contributed by atoms with Gasteiger partial charge < -0.3 is 10.3 Å². The van der Waals surface area contributed by atoms with Gasteiger partial charge in [0.2, 0.25) is 0 Å². The van der Waals surface area contributed by atoms with Crippen molar-refractivity contribution in [2.24, 2.45) is 0 Å². The molecule has 1 amide bonds. The van der Waals surface area contributed by atoms with Gasteiger partial charge in [-0.2, -0.15) is 13.2 Å². The van der Waals surface area contributed by atoms with E-state index in [1.807, 2.05) is 6.07 Å². The van der Waals surface area contributed by atoms with Crippen molar-refractivity contribution in [2.45, 2.75) is 26.6 Å². The van der Waals surface area contributed by atoms with Crippen molar-refractivity contribution in [2.75, 3.05) is 0 Å². The number of hydrogen-bond acceptors (Lipinski definition) is 2. The predicted molar refractivity (Wildman–Crippen MR) is 105 cm³/mol. The number of pyridine rings is 1. The number of alkyl halides is 3. The molecule has 2 N–H and O–H groups in total. The third-order valence-corrected chi connectivity index (χ3v) is 4.61. The third kappa shape index (κ3) is 4.56. The van der Waals surface area contributed by atoms with Crippen LogP contribution in [0.1, 0.15) is 32.7 Å². The lowest BCUT2D eigenvalue weighted by Crippen LogP contribution is -2.28. The SMILES string of the molecule is Cc1cc(C)c(CNC(=O)c2ccccc2-c2ccc(C(F)(F)F)cc2)c(=O)[nH]1. The molecule has 0 unspecified atom stereocenters. The van der Waals surface area contributed by atoms with Crippen molar-refractivity contribution in [3.8, 4) is 11.1 Å². The van der Waals surface area contributed by atoms with Gasteiger partial charge in [-0.1, -0.05) is 30.3 Å². The number of benzene rings is 2. The molecule has 7 heteroatoms. The standard InChI is InChI=1S/C22H19F3N2O2/c1-13-11-14(2)27-21(29)19(13)12-26-20(28)18-6-4-3-5-17(18)15-7-9-16(10-8-15)22(23,24)25/h3-11H,12H2,1-2H3,(H,26,28)(H,27,29). The number of carbonyl (C=O) groups excluding carboxylic acids is 1. The molecule has 0 spiro atoms. The van der Waals surface area contributed by atoms with Crippen molar-refractivity contribution < 1.29 is 18.0 Å². The van der Waals surface area contributed by atoms with Gasteiger partial charge in [0.15, 0.2) is 0 Å². The zero-order chi connectivity index (χ0) is 21.2. The number of carbonyl (C=O) groups is 1. The van der Waals surface area contributed by atoms with Crippen LogP contribution in [0.25, 0.3) is 11.1 Å². The van der Waals surface area contributed by atoms with Crippen LogP contribution in [0.15, 0.2) is 59.4 Å². The fraction of sp³-hybridized carbons (Fsp3) is 0.182. The lowest BCUT2D eigenvalue weighted by atomic mass is 9.98. The van der Waals surface area contributed by atoms with Crippen LogP contribution < -0.4 is 10.9 Å². The van der Waals surface area contributed by atoms with Gasteiger partial charge in [0.05, 0.1) is 5.56 Å². The summed E-state index contributed by atoms with van der Waals surface area (Å²) in [6.45, 7) is 3.61. The van der Waals surface area contributed by atoms with Gasteiger partial charge in [0.25, 0.3) is 11.5 Å². The van der Waals surface area contributed by atoms with Gasteiger partial charge in [-0.25, -0.2) is 0 Å². The Morgan fingerprint density at radius 3 is 2.31 bits per heavy atom. The Hall–Kier alpha value is -3.35. The van der Waals surface area contributed by atoms with E-state index in [4.69, 9.17) is 0 Å². The minimum Gasteiger partial charge on any atom is -0.348 e. The number of hydrogen-bond donors (Lipinski definition) is 2. The van der Waals surface area contributed by atoms with Crippen molar-refractivity contribution >= 4 is 5.91 Å². The van der Waals surface area contributed by atoms with Gasteiger partial charge in [-0.3, -0.25) is 9.59 Å². The van der Waals surface area contributed by atoms with Crippen LogP contribution >= 0.6 is 0 Å². The van der Waals surface area contributed by atoms with Crippen LogP contribution in [0, 0.1) is 13.8 Å². The van der Waals surface area contributed by atoms with E-state index in [0.29, 0.717) is 22.3 Å². The molecule has 2 aromatic carbocycles. The second-order valence-electron chi connectivity index (χ2n) is 6.75. The Balaban J connectivity index is 1.85. The highest BCUT2D eigenvalue weighted by Gasteiger charge is 2.30. The molecule has 0 aliphatic carbocycles. The summed E-state index contributed by atoms with van der Waals surface area (Å²) in [6.07, 6.45) is -4.42. The molecule has 0 aliphatic rings. The number of amides is 1. The quantitative estimate of drug-likeness (QED) is 0.672. The van der Waals surface area contributed by atoms with Crippen molar-refractivity contribution in [1.82, 2.24) is 10.3 Å². The van der Waals surface area contributed by atoms with E-state index >= 15 is 0 Å². The first-order chi connectivity index (χ1) is 13.7. The zero-order valence-corrected chi connectivity index (χ0v) is 15.9. The van der Waals surface area contributed by atoms with Crippen LogP contribution in [0.5, 0.6) is 0 Å². The number of aromatic nitrogens is 1. The van der Waals surface area contributed by atoms with Gasteiger partial charge in [0, 0.05) is 23.4 Å². The molecule has 0 fully saturated rings. The maximum absolute atomic E-state index is 12.8. The molecule has 1 heterocycles. The second-order valence-corrected chi connectivity index (χ2v) is 6.75. The van der Waals surface area contributed by atoms with Gasteiger partial charge in [-0.05, 0) is 54.8 Å². The number of H-pyrrole nitrogens is 1. The van der Waals surface area contributed by atoms with Crippen molar-refractivity contribution in [3.63, 3.8) is 0 Å². The molecule has 0 bridgehead atoms. The maximum Gasteiger partial charge on any atom is 0.416 e. The summed E-state index contributed by atoms with van der Waals surface area (Å²) in [5.41, 5.74) is 2.25. The minimum absolute atomic E-state index is 0.0433. The molecular formula is C22H19F3N2O2. The van der Waals surface area contributed by atoms with Crippen molar-refractivity contribution in [3.05, 3.63) is 92.9 Å². The first-order valence-corrected chi connectivity index (χ1v) is 8.91. The molecular weight excluding hydrogens is 381 g/mol. The average molecular weight is 400 g/mol. The second kappa shape index (κ2) is 7.95. The average Bonchev–Trinajstić information content (AvgIpc) is 2.66. The fourth-order valence-corrected chi connectivity index (χ4v) is 3.14. The van der Waals surface area contributed by atoms with E-state index < -0.39 is 17.6 Å². The number of aromatic amines is 1. The number of halogens is 3. The number of aryl methyl sites for hydroxylation is 2. The Morgan fingerprint density at radius 2 is 1.69 bits per heavy atom. The molecule has 29 heavy (non-hydrogen) atoms. The Labute approximate surface area is 165 Å². The first-order valence-electron chi connectivity index (χ1n) is 8.91. The molecule has 0 radical (unpaired) electrons. The van der Waals surface area contributed by atoms with E-state index in [9.17, 15) is 22.8 Å². The highest BCUT2D eigenvalue weighted by Crippen LogP contribution is 2.31. The summed E-state index contributed by atoms with van der Waals surface area (Å²) in [5.74, 6) is -0.417. The molecule has 3 rings (SSSR count). The van der Waals surface area contributed by atoms with Gasteiger partial charge >= 0.3 is 6.18 Å². The van der Waals surface area contributed by atoms with E-state index in [1.165, 1.54) is 12.1 Å². The fourth-order valence-electron chi connectivity index (χ4n) is 3.14. The molecule has 150 valence electrons. The summed E-state index contributed by atoms with van der Waals surface area (Å²) in [7, 11) is 0. The van der Waals surface area contributed by atoms with E-state index in [1.54, 1.807) is 38.1 Å². The molecule has 0 atom stereocenters. The minimum atomic E-state index is -4.42. The predicted octanol–water partition coefficient (Wildman–Crippen LogP) is 4.61. The summed E-state index contributed by atoms with van der Waals surface area (Å²) < 4.78 is 38.4. The maximum atomic E-state index is 12.8. The Morgan fingerprint density at radius 1 is 1.03 bits per heavy atom. The number of nitrogens with one attached hydrogen (secondary N) is 2. The Bertz CT molecular complexity index is 1100. The van der Waals surface area contributed by atoms with Crippen LogP contribution in [-0.2, 0) is 12.7 Å². The monoisotopic (exact) mass is 400 g/mol. The van der Waals surface area contributed by atoms with Crippen LogP contribution in [-0.4, -0.2) is 10.9 Å². The first kappa shape index (κ1) is 20.4. The smallest absolute Gasteiger partial charge is 0.348 e. The molecule has 1 aromatic heterocycles. The zero-order valence-electron chi connectivity index (χ0n) is 15.9. The summed E-state index contributed by atoms with van der Waals surface area (Å²) in [6, 6.07) is 13.1. The van der Waals surface area contributed by atoms with E-state index in [0.717, 1.165) is 23.4 Å². The topological polar surface area (TPSA) is 62.0 Å². The van der Waals surface area contributed by atoms with Crippen LogP contribution in [0.2, 0.25) is 0 Å². The molecule has 0 saturated carbocycles. The largest absolute Gasteiger partial charge is 0.416 e. The summed E-state index contributed by atoms with van der Waals surface area (Å²) >= 11 is 0. The van der Waals surface area contributed by atoms with Crippen LogP contribution in [0.3, 0.4) is 0 Å². The molecule has 0 aliphatic heterocycles. The van der Waals surface area contributed by atoms with Gasteiger partial charge in [-0.15, -0.1) is 0 Å². The lowest BCUT2D eigenvalue weighted by molar-refractivity contribution is -0.137. The van der Waals surface area contributed by atoms with Gasteiger partial charge in [0.1, 0.15) is 0 Å². The molecule has 4 nitrogen and oxygen atoms in total. The lowest BCUT2D eigenvalue weighted by Gasteiger charge is -2.12. The summed E-state index contributed by atoms with van der Waals surface area (Å²) in [4.78, 5) is 27.5. The molecule has 0 saturated heterocycles. The summed E-state index contributed by atoms with van der Waals surface area (Å²) in [5, 5.41) is 2.72. The molecule has 3 aromatic rings. The van der Waals surface area contributed by atoms with Crippen molar-refractivity contribution in [1.29, 1.82) is 0 Å². The normalized spacial score (nSPS) is 11.3. The number of rotatable bonds is 4. The Kier molecular flexibility index (Phi) is 5.59.